The van der Waals surface area contributed by atoms with Gasteiger partial charge in [0.1, 0.15) is 6.23 Å². The molecule has 76 valence electrons. The molecule has 1 aromatic heterocycles. The molecule has 1 amide bonds. The number of likely N-dealkylation sites (tertiary alicyclic amines) is 1. The van der Waals surface area contributed by atoms with E-state index in [2.05, 4.69) is 9.97 Å². The summed E-state index contributed by atoms with van der Waals surface area (Å²) in [6, 6.07) is 0. The molecule has 1 fully saturated rings. The van der Waals surface area contributed by atoms with Crippen molar-refractivity contribution in [3.05, 3.63) is 18.2 Å². The Kier molecular flexibility index (Phi) is 2.49. The Morgan fingerprint density at radius 3 is 3.14 bits per heavy atom. The minimum Gasteiger partial charge on any atom is -0.374 e. The number of aliphatic hydroxyl groups excluding tert-OH is 1. The van der Waals surface area contributed by atoms with Crippen molar-refractivity contribution in [2.75, 3.05) is 6.54 Å². The molecule has 2 N–H and O–H groups in total. The third-order valence-electron chi connectivity index (χ3n) is 2.47. The van der Waals surface area contributed by atoms with E-state index in [0.717, 1.165) is 5.69 Å². The van der Waals surface area contributed by atoms with Crippen molar-refractivity contribution >= 4 is 5.91 Å². The number of nitrogens with one attached hydrogen (secondary N) is 1. The van der Waals surface area contributed by atoms with Gasteiger partial charge in [0.05, 0.1) is 6.33 Å². The van der Waals surface area contributed by atoms with E-state index in [1.54, 1.807) is 12.5 Å². The molecule has 0 spiro atoms. The molecule has 2 rings (SSSR count). The first-order chi connectivity index (χ1) is 6.77. The van der Waals surface area contributed by atoms with Crippen molar-refractivity contribution in [1.29, 1.82) is 0 Å². The second kappa shape index (κ2) is 3.79. The quantitative estimate of drug-likeness (QED) is 0.707. The van der Waals surface area contributed by atoms with Gasteiger partial charge in [-0.3, -0.25) is 4.79 Å². The minimum absolute atomic E-state index is 0.0389. The van der Waals surface area contributed by atoms with Gasteiger partial charge in [-0.2, -0.15) is 0 Å². The summed E-state index contributed by atoms with van der Waals surface area (Å²) < 4.78 is 0. The van der Waals surface area contributed by atoms with Crippen molar-refractivity contribution in [3.8, 4) is 0 Å². The number of aromatic amines is 1. The molecular formula is C9H13N3O2. The van der Waals surface area contributed by atoms with E-state index in [-0.39, 0.29) is 5.91 Å². The highest BCUT2D eigenvalue weighted by molar-refractivity contribution is 5.78. The normalized spacial score (nSPS) is 21.9. The summed E-state index contributed by atoms with van der Waals surface area (Å²) in [5.74, 6) is 0.0389. The van der Waals surface area contributed by atoms with E-state index >= 15 is 0 Å². The number of imidazole rings is 1. The average molecular weight is 195 g/mol. The average Bonchev–Trinajstić information content (AvgIpc) is 2.76. The lowest BCUT2D eigenvalue weighted by atomic mass is 10.3. The second-order valence-electron chi connectivity index (χ2n) is 3.43. The number of carbonyl (C=O) groups excluding carboxylic acids is 1. The maximum absolute atomic E-state index is 11.3. The SMILES string of the molecule is O=C1CC[C@H](O)N1CCc1cnc[nH]1. The van der Waals surface area contributed by atoms with Gasteiger partial charge in [-0.1, -0.05) is 0 Å². The number of hydrogen-bond donors (Lipinski definition) is 2. The molecule has 0 radical (unpaired) electrons. The number of carbonyl (C=O) groups is 1. The van der Waals surface area contributed by atoms with Crippen molar-refractivity contribution in [2.45, 2.75) is 25.5 Å². The molecule has 0 aromatic carbocycles. The van der Waals surface area contributed by atoms with Gasteiger partial charge >= 0.3 is 0 Å². The van der Waals surface area contributed by atoms with Crippen molar-refractivity contribution in [2.24, 2.45) is 0 Å². The van der Waals surface area contributed by atoms with Gasteiger partial charge < -0.3 is 15.0 Å². The van der Waals surface area contributed by atoms with Gasteiger partial charge in [0.25, 0.3) is 0 Å². The number of H-pyrrole nitrogens is 1. The van der Waals surface area contributed by atoms with E-state index in [1.165, 1.54) is 4.90 Å². The van der Waals surface area contributed by atoms with E-state index in [1.807, 2.05) is 0 Å². The monoisotopic (exact) mass is 195 g/mol. The number of amides is 1. The molecule has 5 nitrogen and oxygen atoms in total. The van der Waals surface area contributed by atoms with E-state index < -0.39 is 6.23 Å². The Labute approximate surface area is 81.8 Å². The van der Waals surface area contributed by atoms with Crippen LogP contribution in [0.25, 0.3) is 0 Å². The van der Waals surface area contributed by atoms with Gasteiger partial charge in [0, 0.05) is 37.7 Å². The molecule has 0 bridgehead atoms. The summed E-state index contributed by atoms with van der Waals surface area (Å²) in [4.78, 5) is 19.6. The fraction of sp³-hybridized carbons (Fsp3) is 0.556. The standard InChI is InChI=1S/C9H13N3O2/c13-8-1-2-9(14)12(8)4-3-7-5-10-6-11-7/h5-6,8,13H,1-4H2,(H,10,11)/t8-/m0/s1. The maximum atomic E-state index is 11.3. The van der Waals surface area contributed by atoms with Crippen LogP contribution in [0.4, 0.5) is 0 Å². The molecule has 1 aliphatic heterocycles. The van der Waals surface area contributed by atoms with Crippen molar-refractivity contribution in [1.82, 2.24) is 14.9 Å². The van der Waals surface area contributed by atoms with Gasteiger partial charge in [-0.05, 0) is 0 Å². The zero-order valence-electron chi connectivity index (χ0n) is 7.81. The number of rotatable bonds is 3. The molecule has 2 heterocycles. The topological polar surface area (TPSA) is 69.2 Å². The summed E-state index contributed by atoms with van der Waals surface area (Å²) in [6.07, 6.45) is 4.48. The number of aliphatic hydroxyl groups is 1. The van der Waals surface area contributed by atoms with Crippen molar-refractivity contribution < 1.29 is 9.90 Å². The third-order valence-corrected chi connectivity index (χ3v) is 2.47. The van der Waals surface area contributed by atoms with Crippen molar-refractivity contribution in [3.63, 3.8) is 0 Å². The Bertz CT molecular complexity index is 310. The van der Waals surface area contributed by atoms with Crippen LogP contribution in [0.3, 0.4) is 0 Å². The third kappa shape index (κ3) is 1.77. The molecule has 1 atom stereocenters. The molecule has 1 aliphatic rings. The molecule has 5 heteroatoms. The summed E-state index contributed by atoms with van der Waals surface area (Å²) in [7, 11) is 0. The lowest BCUT2D eigenvalue weighted by Crippen LogP contribution is -2.34. The lowest BCUT2D eigenvalue weighted by Gasteiger charge is -2.19. The van der Waals surface area contributed by atoms with E-state index in [9.17, 15) is 9.90 Å². The molecule has 0 aliphatic carbocycles. The first-order valence-electron chi connectivity index (χ1n) is 4.72. The van der Waals surface area contributed by atoms with Crippen LogP contribution in [0, 0.1) is 0 Å². The highest BCUT2D eigenvalue weighted by Gasteiger charge is 2.28. The van der Waals surface area contributed by atoms with Crippen LogP contribution >= 0.6 is 0 Å². The second-order valence-corrected chi connectivity index (χ2v) is 3.43. The van der Waals surface area contributed by atoms with Crippen LogP contribution in [0.5, 0.6) is 0 Å². The fourth-order valence-corrected chi connectivity index (χ4v) is 1.65. The van der Waals surface area contributed by atoms with Crippen LogP contribution < -0.4 is 0 Å². The smallest absolute Gasteiger partial charge is 0.224 e. The molecular weight excluding hydrogens is 182 g/mol. The van der Waals surface area contributed by atoms with E-state index in [0.29, 0.717) is 25.8 Å². The van der Waals surface area contributed by atoms with Gasteiger partial charge in [-0.15, -0.1) is 0 Å². The minimum atomic E-state index is -0.592. The molecule has 1 aromatic rings. The van der Waals surface area contributed by atoms with Gasteiger partial charge in [-0.25, -0.2) is 4.98 Å². The zero-order chi connectivity index (χ0) is 9.97. The summed E-state index contributed by atoms with van der Waals surface area (Å²) >= 11 is 0. The lowest BCUT2D eigenvalue weighted by molar-refractivity contribution is -0.133. The fourth-order valence-electron chi connectivity index (χ4n) is 1.65. The molecule has 0 saturated carbocycles. The Balaban J connectivity index is 1.88. The van der Waals surface area contributed by atoms with Crippen LogP contribution in [0.1, 0.15) is 18.5 Å². The molecule has 0 unspecified atom stereocenters. The largest absolute Gasteiger partial charge is 0.374 e. The summed E-state index contributed by atoms with van der Waals surface area (Å²) in [5, 5.41) is 9.47. The molecule has 1 saturated heterocycles. The number of aromatic nitrogens is 2. The predicted molar refractivity (Wildman–Crippen MR) is 49.2 cm³/mol. The van der Waals surface area contributed by atoms with Gasteiger partial charge in [0.2, 0.25) is 5.91 Å². The van der Waals surface area contributed by atoms with Crippen LogP contribution in [-0.4, -0.2) is 38.7 Å². The maximum Gasteiger partial charge on any atom is 0.224 e. The predicted octanol–water partition coefficient (Wildman–Crippen LogP) is -0.107. The highest BCUT2D eigenvalue weighted by Crippen LogP contribution is 2.16. The Morgan fingerprint density at radius 1 is 1.71 bits per heavy atom. The first kappa shape index (κ1) is 9.21. The molecule has 14 heavy (non-hydrogen) atoms. The summed E-state index contributed by atoms with van der Waals surface area (Å²) in [5.41, 5.74) is 0.983. The van der Waals surface area contributed by atoms with E-state index in [4.69, 9.17) is 0 Å². The summed E-state index contributed by atoms with van der Waals surface area (Å²) in [6.45, 7) is 0.558. The first-order valence-corrected chi connectivity index (χ1v) is 4.72. The number of hydrogen-bond acceptors (Lipinski definition) is 3. The highest BCUT2D eigenvalue weighted by atomic mass is 16.3. The Hall–Kier alpha value is -1.36. The van der Waals surface area contributed by atoms with Gasteiger partial charge in [0.15, 0.2) is 0 Å². The van der Waals surface area contributed by atoms with Crippen LogP contribution in [0.15, 0.2) is 12.5 Å². The van der Waals surface area contributed by atoms with Crippen LogP contribution in [-0.2, 0) is 11.2 Å². The van der Waals surface area contributed by atoms with Crippen LogP contribution in [0.2, 0.25) is 0 Å². The Morgan fingerprint density at radius 2 is 2.57 bits per heavy atom. The zero-order valence-corrected chi connectivity index (χ0v) is 7.81. The number of nitrogens with zero attached hydrogens (tertiary/aromatic N) is 2.